The van der Waals surface area contributed by atoms with Crippen LogP contribution in [0.1, 0.15) is 32.1 Å². The predicted molar refractivity (Wildman–Crippen MR) is 84.3 cm³/mol. The van der Waals surface area contributed by atoms with Crippen LogP contribution in [-0.2, 0) is 14.3 Å². The maximum Gasteiger partial charge on any atom is 0.322 e. The van der Waals surface area contributed by atoms with E-state index >= 15 is 0 Å². The summed E-state index contributed by atoms with van der Waals surface area (Å²) in [7, 11) is 4.84. The zero-order chi connectivity index (χ0) is 15.9. The van der Waals surface area contributed by atoms with E-state index in [1.807, 2.05) is 7.05 Å². The van der Waals surface area contributed by atoms with Gasteiger partial charge in [0.05, 0.1) is 14.2 Å². The van der Waals surface area contributed by atoms with Crippen molar-refractivity contribution in [3.63, 3.8) is 0 Å². The Morgan fingerprint density at radius 2 is 1.86 bits per heavy atom. The maximum atomic E-state index is 11.7. The van der Waals surface area contributed by atoms with Gasteiger partial charge in [-0.25, -0.2) is 4.99 Å². The number of nitrogens with two attached hydrogens (primary N) is 1. The van der Waals surface area contributed by atoms with Crippen LogP contribution in [0.25, 0.3) is 0 Å². The van der Waals surface area contributed by atoms with Gasteiger partial charge >= 0.3 is 5.97 Å². The molecule has 0 aliphatic rings. The molecule has 0 saturated carbocycles. The van der Waals surface area contributed by atoms with Gasteiger partial charge in [-0.1, -0.05) is 0 Å². The molecule has 124 valence electrons. The summed E-state index contributed by atoms with van der Waals surface area (Å²) in [6, 6.07) is -0.0458. The van der Waals surface area contributed by atoms with E-state index < -0.39 is 0 Å². The van der Waals surface area contributed by atoms with E-state index in [4.69, 9.17) is 15.2 Å². The average Bonchev–Trinajstić information content (AvgIpc) is 2.51. The number of nitrogens with zero attached hydrogens (tertiary/aromatic N) is 1. The SMILES string of the molecule is CNCCCCN[C@H](CCCCN=C(N)OC)C(=O)OC. The fraction of sp³-hybridized carbons (Fsp3) is 0.857. The Morgan fingerprint density at radius 3 is 2.48 bits per heavy atom. The van der Waals surface area contributed by atoms with Crippen LogP contribution in [0.4, 0.5) is 0 Å². The van der Waals surface area contributed by atoms with Crippen molar-refractivity contribution in [3.05, 3.63) is 0 Å². The van der Waals surface area contributed by atoms with Gasteiger partial charge in [-0.3, -0.25) is 4.79 Å². The highest BCUT2D eigenvalue weighted by atomic mass is 16.5. The molecular formula is C14H30N4O3. The van der Waals surface area contributed by atoms with E-state index in [0.29, 0.717) is 6.54 Å². The second-order valence-corrected chi connectivity index (χ2v) is 4.76. The van der Waals surface area contributed by atoms with Crippen LogP contribution in [0.15, 0.2) is 4.99 Å². The molecule has 7 nitrogen and oxygen atoms in total. The molecule has 7 heteroatoms. The molecule has 0 bridgehead atoms. The van der Waals surface area contributed by atoms with Gasteiger partial charge in [-0.05, 0) is 52.2 Å². The van der Waals surface area contributed by atoms with Crippen molar-refractivity contribution in [3.8, 4) is 0 Å². The largest absolute Gasteiger partial charge is 0.469 e. The molecule has 0 aliphatic carbocycles. The zero-order valence-electron chi connectivity index (χ0n) is 13.5. The fourth-order valence-corrected chi connectivity index (χ4v) is 1.86. The number of nitrogens with one attached hydrogen (secondary N) is 2. The Morgan fingerprint density at radius 1 is 1.14 bits per heavy atom. The number of aliphatic imine (C=N–C) groups is 1. The topological polar surface area (TPSA) is 98.0 Å². The Balaban J connectivity index is 3.88. The first kappa shape index (κ1) is 19.7. The number of ether oxygens (including phenoxy) is 2. The van der Waals surface area contributed by atoms with Gasteiger partial charge in [0.15, 0.2) is 0 Å². The van der Waals surface area contributed by atoms with Gasteiger partial charge in [0, 0.05) is 6.54 Å². The summed E-state index contributed by atoms with van der Waals surface area (Å²) in [5.74, 6) is -0.205. The minimum atomic E-state index is -0.242. The lowest BCUT2D eigenvalue weighted by Crippen LogP contribution is -2.38. The third-order valence-electron chi connectivity index (χ3n) is 3.11. The highest BCUT2D eigenvalue weighted by molar-refractivity contribution is 5.75. The zero-order valence-corrected chi connectivity index (χ0v) is 13.5. The number of carbonyl (C=O) groups is 1. The lowest BCUT2D eigenvalue weighted by Gasteiger charge is -2.16. The molecule has 0 aromatic heterocycles. The van der Waals surface area contributed by atoms with Gasteiger partial charge in [0.1, 0.15) is 6.04 Å². The van der Waals surface area contributed by atoms with Gasteiger partial charge in [0.2, 0.25) is 0 Å². The van der Waals surface area contributed by atoms with E-state index in [2.05, 4.69) is 15.6 Å². The summed E-state index contributed by atoms with van der Waals surface area (Å²) in [4.78, 5) is 15.7. The summed E-state index contributed by atoms with van der Waals surface area (Å²) in [6.45, 7) is 2.41. The molecule has 1 atom stereocenters. The van der Waals surface area contributed by atoms with Gasteiger partial charge in [0.25, 0.3) is 6.02 Å². The second kappa shape index (κ2) is 13.6. The minimum Gasteiger partial charge on any atom is -0.469 e. The third-order valence-corrected chi connectivity index (χ3v) is 3.11. The first-order valence-corrected chi connectivity index (χ1v) is 7.45. The van der Waals surface area contributed by atoms with E-state index in [1.165, 1.54) is 14.2 Å². The van der Waals surface area contributed by atoms with Crippen LogP contribution >= 0.6 is 0 Å². The molecule has 21 heavy (non-hydrogen) atoms. The Hall–Kier alpha value is -1.34. The smallest absolute Gasteiger partial charge is 0.322 e. The monoisotopic (exact) mass is 302 g/mol. The maximum absolute atomic E-state index is 11.7. The lowest BCUT2D eigenvalue weighted by molar-refractivity contribution is -0.143. The molecule has 0 aliphatic heterocycles. The summed E-state index contributed by atoms with van der Waals surface area (Å²) >= 11 is 0. The molecule has 4 N–H and O–H groups in total. The average molecular weight is 302 g/mol. The molecular weight excluding hydrogens is 272 g/mol. The highest BCUT2D eigenvalue weighted by Gasteiger charge is 2.17. The standard InChI is InChI=1S/C14H30N4O3/c1-16-9-6-7-10-17-12(13(19)20-2)8-4-5-11-18-14(15)21-3/h12,16-17H,4-11H2,1-3H3,(H2,15,18)/t12-/m1/s1. The van der Waals surface area contributed by atoms with Crippen LogP contribution < -0.4 is 16.4 Å². The van der Waals surface area contributed by atoms with Crippen LogP contribution in [0, 0.1) is 0 Å². The van der Waals surface area contributed by atoms with Crippen molar-refractivity contribution in [1.29, 1.82) is 0 Å². The van der Waals surface area contributed by atoms with Crippen molar-refractivity contribution in [2.24, 2.45) is 10.7 Å². The van der Waals surface area contributed by atoms with Gasteiger partial charge in [-0.2, -0.15) is 0 Å². The number of hydrogen-bond donors (Lipinski definition) is 3. The minimum absolute atomic E-state index is 0.196. The van der Waals surface area contributed by atoms with E-state index in [9.17, 15) is 4.79 Å². The lowest BCUT2D eigenvalue weighted by atomic mass is 10.1. The summed E-state index contributed by atoms with van der Waals surface area (Å²) in [5.41, 5.74) is 5.43. The molecule has 0 rings (SSSR count). The number of esters is 1. The summed E-state index contributed by atoms with van der Waals surface area (Å²) in [5, 5.41) is 6.35. The molecule has 0 heterocycles. The van der Waals surface area contributed by atoms with Crippen molar-refractivity contribution >= 4 is 12.0 Å². The Kier molecular flexibility index (Phi) is 12.8. The summed E-state index contributed by atoms with van der Waals surface area (Å²) in [6.07, 6.45) is 4.59. The first-order chi connectivity index (χ1) is 10.2. The van der Waals surface area contributed by atoms with E-state index in [-0.39, 0.29) is 18.0 Å². The second-order valence-electron chi connectivity index (χ2n) is 4.76. The van der Waals surface area contributed by atoms with E-state index in [0.717, 1.165) is 45.2 Å². The number of amidine groups is 1. The Labute approximate surface area is 127 Å². The number of unbranched alkanes of at least 4 members (excludes halogenated alkanes) is 2. The first-order valence-electron chi connectivity index (χ1n) is 7.45. The molecule has 0 saturated heterocycles. The molecule has 0 aromatic rings. The van der Waals surface area contributed by atoms with Gasteiger partial charge in [-0.15, -0.1) is 0 Å². The number of hydrogen-bond acceptors (Lipinski definition) is 6. The van der Waals surface area contributed by atoms with Crippen molar-refractivity contribution in [2.45, 2.75) is 38.1 Å². The highest BCUT2D eigenvalue weighted by Crippen LogP contribution is 2.04. The van der Waals surface area contributed by atoms with Crippen LogP contribution in [0.3, 0.4) is 0 Å². The number of rotatable bonds is 12. The van der Waals surface area contributed by atoms with Gasteiger partial charge < -0.3 is 25.8 Å². The van der Waals surface area contributed by atoms with Crippen LogP contribution in [-0.4, -0.2) is 58.9 Å². The molecule has 0 aromatic carbocycles. The normalized spacial score (nSPS) is 13.0. The van der Waals surface area contributed by atoms with E-state index in [1.54, 1.807) is 0 Å². The molecule has 0 fully saturated rings. The molecule has 0 radical (unpaired) electrons. The van der Waals surface area contributed by atoms with Crippen LogP contribution in [0.2, 0.25) is 0 Å². The van der Waals surface area contributed by atoms with Crippen molar-refractivity contribution in [1.82, 2.24) is 10.6 Å². The molecule has 0 spiro atoms. The molecule has 0 amide bonds. The number of methoxy groups -OCH3 is 2. The van der Waals surface area contributed by atoms with Crippen molar-refractivity contribution in [2.75, 3.05) is 40.9 Å². The number of carbonyl (C=O) groups excluding carboxylic acids is 1. The fourth-order valence-electron chi connectivity index (χ4n) is 1.86. The Bertz CT molecular complexity index is 298. The summed E-state index contributed by atoms with van der Waals surface area (Å²) < 4.78 is 9.58. The molecule has 0 unspecified atom stereocenters. The predicted octanol–water partition coefficient (Wildman–Crippen LogP) is 0.249. The third kappa shape index (κ3) is 11.0. The van der Waals surface area contributed by atoms with Crippen molar-refractivity contribution < 1.29 is 14.3 Å². The quantitative estimate of drug-likeness (QED) is 0.207. The van der Waals surface area contributed by atoms with Crippen LogP contribution in [0.5, 0.6) is 0 Å².